The molecule has 4 aromatic rings. The van der Waals surface area contributed by atoms with Crippen LogP contribution in [0.1, 0.15) is 10.4 Å². The van der Waals surface area contributed by atoms with Crippen LogP contribution in [0.3, 0.4) is 0 Å². The Morgan fingerprint density at radius 2 is 1.93 bits per heavy atom. The highest BCUT2D eigenvalue weighted by atomic mass is 35.5. The van der Waals surface area contributed by atoms with Gasteiger partial charge in [0.15, 0.2) is 5.58 Å². The van der Waals surface area contributed by atoms with Crippen LogP contribution in [0, 0.1) is 10.1 Å². The van der Waals surface area contributed by atoms with Gasteiger partial charge in [-0.2, -0.15) is 0 Å². The van der Waals surface area contributed by atoms with Crippen molar-refractivity contribution in [1.82, 2.24) is 4.98 Å². The summed E-state index contributed by atoms with van der Waals surface area (Å²) in [6.07, 6.45) is 0. The number of oxazole rings is 1. The first kappa shape index (κ1) is 18.5. The number of nitro benzene ring substituents is 1. The monoisotopic (exact) mass is 409 g/mol. The second-order valence-electron chi connectivity index (χ2n) is 6.09. The number of phenolic OH excluding ortho intramolecular Hbond substituents is 1. The molecule has 9 heteroatoms. The molecule has 0 aliphatic heterocycles. The van der Waals surface area contributed by atoms with E-state index in [0.717, 1.165) is 6.07 Å². The van der Waals surface area contributed by atoms with Crippen molar-refractivity contribution in [2.45, 2.75) is 0 Å². The summed E-state index contributed by atoms with van der Waals surface area (Å²) in [5, 5.41) is 23.9. The van der Waals surface area contributed by atoms with Crippen molar-refractivity contribution in [3.8, 4) is 17.2 Å². The number of fused-ring (bicyclic) bond motifs is 1. The Bertz CT molecular complexity index is 1240. The minimum Gasteiger partial charge on any atom is -0.507 e. The largest absolute Gasteiger partial charge is 0.507 e. The number of amides is 1. The van der Waals surface area contributed by atoms with Crippen molar-refractivity contribution in [2.24, 2.45) is 0 Å². The van der Waals surface area contributed by atoms with E-state index in [2.05, 4.69) is 10.3 Å². The first-order valence-electron chi connectivity index (χ1n) is 8.36. The number of benzene rings is 3. The van der Waals surface area contributed by atoms with Crippen LogP contribution in [0.2, 0.25) is 5.02 Å². The summed E-state index contributed by atoms with van der Waals surface area (Å²) in [6.45, 7) is 0. The summed E-state index contributed by atoms with van der Waals surface area (Å²) in [4.78, 5) is 27.1. The van der Waals surface area contributed by atoms with Gasteiger partial charge in [0, 0.05) is 23.9 Å². The number of aromatic nitrogens is 1. The molecule has 2 N–H and O–H groups in total. The Morgan fingerprint density at radius 1 is 1.14 bits per heavy atom. The van der Waals surface area contributed by atoms with Gasteiger partial charge in [-0.05, 0) is 30.3 Å². The van der Waals surface area contributed by atoms with Crippen molar-refractivity contribution in [3.63, 3.8) is 0 Å². The molecule has 8 nitrogen and oxygen atoms in total. The summed E-state index contributed by atoms with van der Waals surface area (Å²) in [6, 6.07) is 15.2. The second-order valence-corrected chi connectivity index (χ2v) is 6.50. The Labute approximate surface area is 168 Å². The van der Waals surface area contributed by atoms with E-state index >= 15 is 0 Å². The highest BCUT2D eigenvalue weighted by molar-refractivity contribution is 6.34. The predicted molar refractivity (Wildman–Crippen MR) is 107 cm³/mol. The highest BCUT2D eigenvalue weighted by Crippen LogP contribution is 2.33. The lowest BCUT2D eigenvalue weighted by Crippen LogP contribution is -2.12. The van der Waals surface area contributed by atoms with E-state index in [4.69, 9.17) is 16.0 Å². The first-order chi connectivity index (χ1) is 13.9. The lowest BCUT2D eigenvalue weighted by atomic mass is 10.1. The molecule has 0 aliphatic carbocycles. The lowest BCUT2D eigenvalue weighted by Gasteiger charge is -2.08. The van der Waals surface area contributed by atoms with Crippen molar-refractivity contribution in [3.05, 3.63) is 81.4 Å². The maximum absolute atomic E-state index is 12.5. The molecular weight excluding hydrogens is 398 g/mol. The fraction of sp³-hybridized carbons (Fsp3) is 0. The van der Waals surface area contributed by atoms with Gasteiger partial charge in [0.2, 0.25) is 5.89 Å². The lowest BCUT2D eigenvalue weighted by molar-refractivity contribution is -0.384. The Balaban J connectivity index is 1.61. The smallest absolute Gasteiger partial charge is 0.270 e. The van der Waals surface area contributed by atoms with Crippen molar-refractivity contribution in [2.75, 3.05) is 5.32 Å². The molecule has 144 valence electrons. The highest BCUT2D eigenvalue weighted by Gasteiger charge is 2.17. The molecule has 0 spiro atoms. The molecule has 1 aromatic heterocycles. The molecule has 3 aromatic carbocycles. The van der Waals surface area contributed by atoms with Crippen LogP contribution >= 0.6 is 11.6 Å². The van der Waals surface area contributed by atoms with Crippen molar-refractivity contribution in [1.29, 1.82) is 0 Å². The quantitative estimate of drug-likeness (QED) is 0.361. The van der Waals surface area contributed by atoms with Crippen LogP contribution < -0.4 is 5.32 Å². The summed E-state index contributed by atoms with van der Waals surface area (Å²) in [7, 11) is 0. The van der Waals surface area contributed by atoms with E-state index in [1.807, 2.05) is 12.1 Å². The molecule has 0 saturated heterocycles. The fourth-order valence-corrected chi connectivity index (χ4v) is 2.98. The average molecular weight is 410 g/mol. The van der Waals surface area contributed by atoms with Gasteiger partial charge in [0.25, 0.3) is 11.6 Å². The Hall–Kier alpha value is -3.91. The van der Waals surface area contributed by atoms with E-state index in [0.29, 0.717) is 16.7 Å². The number of nitro groups is 1. The van der Waals surface area contributed by atoms with Crippen molar-refractivity contribution >= 4 is 40.0 Å². The molecule has 29 heavy (non-hydrogen) atoms. The van der Waals surface area contributed by atoms with Crippen molar-refractivity contribution < 1.29 is 19.2 Å². The Morgan fingerprint density at radius 3 is 2.66 bits per heavy atom. The summed E-state index contributed by atoms with van der Waals surface area (Å²) in [5.41, 5.74) is 1.55. The molecule has 1 heterocycles. The van der Waals surface area contributed by atoms with E-state index < -0.39 is 10.8 Å². The van der Waals surface area contributed by atoms with Gasteiger partial charge in [0.05, 0.1) is 21.1 Å². The molecule has 0 saturated carbocycles. The third-order valence-electron chi connectivity index (χ3n) is 4.19. The molecule has 1 amide bonds. The number of hydrogen-bond donors (Lipinski definition) is 2. The van der Waals surface area contributed by atoms with Gasteiger partial charge in [-0.3, -0.25) is 14.9 Å². The number of rotatable bonds is 4. The average Bonchev–Trinajstić information content (AvgIpc) is 3.12. The molecule has 0 fully saturated rings. The number of non-ortho nitro benzene ring substituents is 1. The molecule has 0 bridgehead atoms. The van der Waals surface area contributed by atoms with Crippen LogP contribution in [0.5, 0.6) is 5.75 Å². The zero-order valence-corrected chi connectivity index (χ0v) is 15.4. The zero-order valence-electron chi connectivity index (χ0n) is 14.6. The summed E-state index contributed by atoms with van der Waals surface area (Å²) < 4.78 is 5.64. The number of halogens is 1. The van der Waals surface area contributed by atoms with E-state index in [1.54, 1.807) is 24.3 Å². The minimum atomic E-state index is -0.646. The van der Waals surface area contributed by atoms with Gasteiger partial charge >= 0.3 is 0 Å². The van der Waals surface area contributed by atoms with Gasteiger partial charge in [-0.15, -0.1) is 0 Å². The van der Waals surface area contributed by atoms with Gasteiger partial charge in [0.1, 0.15) is 11.3 Å². The van der Waals surface area contributed by atoms with Crippen LogP contribution in [0.4, 0.5) is 11.4 Å². The van der Waals surface area contributed by atoms with E-state index in [9.17, 15) is 20.0 Å². The normalized spacial score (nSPS) is 10.8. The molecular formula is C20H12ClN3O5. The summed E-state index contributed by atoms with van der Waals surface area (Å²) in [5.74, 6) is -0.560. The zero-order chi connectivity index (χ0) is 20.5. The van der Waals surface area contributed by atoms with E-state index in [1.165, 1.54) is 18.2 Å². The maximum Gasteiger partial charge on any atom is 0.270 e. The summed E-state index contributed by atoms with van der Waals surface area (Å²) >= 11 is 5.98. The number of para-hydroxylation sites is 2. The van der Waals surface area contributed by atoms with Gasteiger partial charge < -0.3 is 14.8 Å². The standard InChI is InChI=1S/C20H12ClN3O5/c21-15-8-6-12(24(27)28)10-14(15)19(26)22-11-5-7-13(17(25)9-11)20-23-16-3-1-2-4-18(16)29-20/h1-10,25H,(H,22,26). The van der Waals surface area contributed by atoms with Crippen LogP contribution in [0.25, 0.3) is 22.6 Å². The topological polar surface area (TPSA) is 118 Å². The van der Waals surface area contributed by atoms with Gasteiger partial charge in [-0.1, -0.05) is 23.7 Å². The van der Waals surface area contributed by atoms with Gasteiger partial charge in [-0.25, -0.2) is 4.98 Å². The minimum absolute atomic E-state index is 0.0524. The number of hydrogen-bond acceptors (Lipinski definition) is 6. The number of nitrogens with zero attached hydrogens (tertiary/aromatic N) is 2. The van der Waals surface area contributed by atoms with E-state index in [-0.39, 0.29) is 33.6 Å². The molecule has 4 rings (SSSR count). The third-order valence-corrected chi connectivity index (χ3v) is 4.51. The fourth-order valence-electron chi connectivity index (χ4n) is 2.78. The Kier molecular flexibility index (Phi) is 4.61. The molecule has 0 unspecified atom stereocenters. The van der Waals surface area contributed by atoms with Crippen LogP contribution in [-0.2, 0) is 0 Å². The first-order valence-corrected chi connectivity index (χ1v) is 8.74. The number of phenols is 1. The molecule has 0 radical (unpaired) electrons. The SMILES string of the molecule is O=C(Nc1ccc(-c2nc3ccccc3o2)c(O)c1)c1cc([N+](=O)[O-])ccc1Cl. The second kappa shape index (κ2) is 7.25. The predicted octanol–water partition coefficient (Wildman–Crippen LogP) is 5.01. The third kappa shape index (κ3) is 3.61. The number of carbonyl (C=O) groups is 1. The molecule has 0 aliphatic rings. The van der Waals surface area contributed by atoms with Crippen LogP contribution in [0.15, 0.2) is 65.1 Å². The number of nitrogens with one attached hydrogen (secondary N) is 1. The number of anilines is 1. The van der Waals surface area contributed by atoms with Crippen LogP contribution in [-0.4, -0.2) is 20.9 Å². The molecule has 0 atom stereocenters. The maximum atomic E-state index is 12.5. The number of aromatic hydroxyl groups is 1. The number of carbonyl (C=O) groups excluding carboxylic acids is 1.